The van der Waals surface area contributed by atoms with Crippen LogP contribution in [0.15, 0.2) is 106 Å². The molecule has 3 aromatic carbocycles. The van der Waals surface area contributed by atoms with Gasteiger partial charge < -0.3 is 24.8 Å². The number of amides is 1. The molecular weight excluding hydrogens is 561 g/mol. The Labute approximate surface area is 248 Å². The summed E-state index contributed by atoms with van der Waals surface area (Å²) in [6.07, 6.45) is 0. The van der Waals surface area contributed by atoms with Gasteiger partial charge in [-0.25, -0.2) is 0 Å². The number of allylic oxidation sites excluding steroid dienone is 4. The minimum atomic E-state index is -2.34. The van der Waals surface area contributed by atoms with Crippen LogP contribution in [0.25, 0.3) is 0 Å². The van der Waals surface area contributed by atoms with Crippen LogP contribution in [-0.2, 0) is 22.8 Å². The van der Waals surface area contributed by atoms with Crippen LogP contribution in [0.2, 0.25) is 0 Å². The summed E-state index contributed by atoms with van der Waals surface area (Å²) in [4.78, 5) is 14.0. The number of hydrogen-bond donors (Lipinski definition) is 1. The van der Waals surface area contributed by atoms with Gasteiger partial charge in [-0.05, 0) is 0 Å². The maximum Gasteiger partial charge on any atom is -1.00 e. The molecule has 1 aliphatic rings. The molecule has 0 heterocycles. The Morgan fingerprint density at radius 3 is 1.76 bits per heavy atom. The van der Waals surface area contributed by atoms with E-state index in [0.29, 0.717) is 5.92 Å². The van der Waals surface area contributed by atoms with E-state index < -0.39 is 24.0 Å². The quantitative estimate of drug-likeness (QED) is 0.399. The average Bonchev–Trinajstić information content (AvgIpc) is 3.06. The third-order valence-electron chi connectivity index (χ3n) is 7.72. The Bertz CT molecular complexity index is 1280. The Morgan fingerprint density at radius 1 is 0.789 bits per heavy atom. The van der Waals surface area contributed by atoms with E-state index in [1.165, 1.54) is 36.5 Å². The molecule has 3 aromatic rings. The summed E-state index contributed by atoms with van der Waals surface area (Å²) in [5, 5.41) is 2.83. The Hall–Kier alpha value is -1.88. The van der Waals surface area contributed by atoms with Gasteiger partial charge in [-0.15, -0.1) is 0 Å². The van der Waals surface area contributed by atoms with Crippen LogP contribution in [0.4, 0.5) is 0 Å². The summed E-state index contributed by atoms with van der Waals surface area (Å²) < 4.78 is 5.29. The third kappa shape index (κ3) is 6.81. The minimum absolute atomic E-state index is 0. The van der Waals surface area contributed by atoms with E-state index in [4.69, 9.17) is 0 Å². The predicted molar refractivity (Wildman–Crippen MR) is 152 cm³/mol. The van der Waals surface area contributed by atoms with Gasteiger partial charge in [0.2, 0.25) is 0 Å². The van der Waals surface area contributed by atoms with Gasteiger partial charge in [0.1, 0.15) is 0 Å². The van der Waals surface area contributed by atoms with E-state index in [1.54, 1.807) is 0 Å². The number of carbonyl (C=O) groups excluding carboxylic acids is 1. The van der Waals surface area contributed by atoms with Crippen LogP contribution >= 0.6 is 0 Å². The fourth-order valence-corrected chi connectivity index (χ4v) is 20.3. The molecule has 1 unspecified atom stereocenters. The first-order valence-corrected chi connectivity index (χ1v) is 18.9. The number of rotatable bonds is 6. The van der Waals surface area contributed by atoms with E-state index >= 15 is 0 Å². The largest absolute Gasteiger partial charge is 1.00 e. The molecule has 1 atom stereocenters. The molecule has 2 nitrogen and oxygen atoms in total. The molecule has 0 saturated carbocycles. The summed E-state index contributed by atoms with van der Waals surface area (Å²) >= 11 is -2.34. The summed E-state index contributed by atoms with van der Waals surface area (Å²) in [5.74, 6) is 0.457. The Balaban J connectivity index is 0.00000253. The van der Waals surface area contributed by atoms with E-state index in [0.717, 1.165) is 5.56 Å². The topological polar surface area (TPSA) is 29.1 Å². The van der Waals surface area contributed by atoms with Crippen LogP contribution in [0.3, 0.4) is 0 Å². The molecule has 0 aromatic heterocycles. The number of hydrogen-bond acceptors (Lipinski definition) is 1. The number of benzene rings is 3. The van der Waals surface area contributed by atoms with E-state index in [-0.39, 0.29) is 36.1 Å². The van der Waals surface area contributed by atoms with Crippen molar-refractivity contribution in [3.63, 3.8) is 0 Å². The van der Waals surface area contributed by atoms with Gasteiger partial charge >= 0.3 is 225 Å². The van der Waals surface area contributed by atoms with Crippen molar-refractivity contribution in [2.75, 3.05) is 0 Å². The molecule has 0 spiro atoms. The van der Waals surface area contributed by atoms with Crippen LogP contribution in [0, 0.1) is 5.92 Å². The molecule has 0 saturated heterocycles. The zero-order chi connectivity index (χ0) is 26.0. The molecule has 1 amide bonds. The Morgan fingerprint density at radius 2 is 1.32 bits per heavy atom. The second-order valence-corrected chi connectivity index (χ2v) is 20.8. The van der Waals surface area contributed by atoms with Gasteiger partial charge in [-0.1, -0.05) is 0 Å². The van der Waals surface area contributed by atoms with Gasteiger partial charge in [-0.2, -0.15) is 0 Å². The smallest absolute Gasteiger partial charge is 1.00 e. The number of nitrogens with one attached hydrogen (secondary N) is 1. The van der Waals surface area contributed by atoms with Crippen molar-refractivity contribution in [3.8, 4) is 0 Å². The van der Waals surface area contributed by atoms with Crippen molar-refractivity contribution in [1.29, 1.82) is 0 Å². The molecule has 38 heavy (non-hydrogen) atoms. The molecular formula is C32H38Cl2NOSiTi. The molecule has 4 rings (SSSR count). The fraction of sp³-hybridized carbons (Fsp3) is 0.281. The van der Waals surface area contributed by atoms with E-state index in [1.807, 2.05) is 12.1 Å². The zero-order valence-corrected chi connectivity index (χ0v) is 27.6. The maximum atomic E-state index is 14.0. The molecule has 0 aliphatic heterocycles. The summed E-state index contributed by atoms with van der Waals surface area (Å²) in [6, 6.07) is 30.1. The zero-order valence-electron chi connectivity index (χ0n) is 23.4. The predicted octanol–water partition coefficient (Wildman–Crippen LogP) is 0.0534. The van der Waals surface area contributed by atoms with Crippen molar-refractivity contribution >= 4 is 22.9 Å². The summed E-state index contributed by atoms with van der Waals surface area (Å²) in [5.41, 5.74) is 6.22. The minimum Gasteiger partial charge on any atom is -1.00 e. The normalized spacial score (nSPS) is 15.2. The van der Waals surface area contributed by atoms with Crippen molar-refractivity contribution in [1.82, 2.24) is 3.80 Å². The van der Waals surface area contributed by atoms with Gasteiger partial charge in [0.15, 0.2) is 0 Å². The third-order valence-corrected chi connectivity index (χ3v) is 21.1. The first-order valence-electron chi connectivity index (χ1n) is 12.9. The molecule has 1 N–H and O–H groups in total. The van der Waals surface area contributed by atoms with Gasteiger partial charge in [0.05, 0.1) is 0 Å². The molecule has 0 bridgehead atoms. The first kappa shape index (κ1) is 32.3. The van der Waals surface area contributed by atoms with Crippen molar-refractivity contribution in [3.05, 3.63) is 117 Å². The number of carbonyl (C=O) groups is 1. The second-order valence-electron chi connectivity index (χ2n) is 11.0. The summed E-state index contributed by atoms with van der Waals surface area (Å²) in [7, 11) is 0. The van der Waals surface area contributed by atoms with Crippen molar-refractivity contribution < 1.29 is 47.0 Å². The molecule has 0 fully saturated rings. The maximum absolute atomic E-state index is 14.0. The standard InChI is InChI=1S/C12H11Si.C11H15NO.C9H13.2ClH.Ti/c1-3-7-11(8-4-1)13-12-9-5-2-6-10-12;1-11(2,3)9-6-4-5-8(7-9)10(12)13;1-6-5-7(2)9(4)8(6)3;;;/h1-10,13H;4-7H,1-3H3,(H2,12,13);6H,1-4H3;2*1H;/q;;;;;+3/p-3. The average molecular weight is 600 g/mol. The first-order chi connectivity index (χ1) is 17.1. The number of halogens is 2. The summed E-state index contributed by atoms with van der Waals surface area (Å²) in [6.45, 7) is 14.0. The second kappa shape index (κ2) is 13.5. The molecule has 6 heteroatoms. The molecule has 0 radical (unpaired) electrons. The van der Waals surface area contributed by atoms with E-state index in [9.17, 15) is 4.79 Å². The van der Waals surface area contributed by atoms with Crippen molar-refractivity contribution in [2.24, 2.45) is 5.92 Å². The van der Waals surface area contributed by atoms with Gasteiger partial charge in [-0.3, -0.25) is 0 Å². The van der Waals surface area contributed by atoms with Crippen LogP contribution < -0.4 is 39.0 Å². The van der Waals surface area contributed by atoms with E-state index in [2.05, 4.69) is 125 Å². The van der Waals surface area contributed by atoms with Crippen LogP contribution in [0.5, 0.6) is 0 Å². The van der Waals surface area contributed by atoms with Gasteiger partial charge in [0, 0.05) is 0 Å². The van der Waals surface area contributed by atoms with Crippen LogP contribution in [-0.4, -0.2) is 12.6 Å². The van der Waals surface area contributed by atoms with Crippen LogP contribution in [0.1, 0.15) is 64.4 Å². The fourth-order valence-electron chi connectivity index (χ4n) is 5.23. The molecule has 199 valence electrons. The Kier molecular flexibility index (Phi) is 11.5. The monoisotopic (exact) mass is 598 g/mol. The van der Waals surface area contributed by atoms with Gasteiger partial charge in [0.25, 0.3) is 0 Å². The molecule has 1 aliphatic carbocycles. The SMILES string of the molecule is CC1=C(C)C(C)[C]([Ti+2]([NH]C(=O)c2cccc(C(C)(C)C)c2)[SiH](c2ccccc2)c2ccccc2)=C1C.[Cl-].[Cl-]. The van der Waals surface area contributed by atoms with Crippen molar-refractivity contribution in [2.45, 2.75) is 53.9 Å².